The van der Waals surface area contributed by atoms with Gasteiger partial charge in [-0.25, -0.2) is 9.97 Å². The molecule has 0 aliphatic heterocycles. The monoisotopic (exact) mass is 439 g/mol. The number of benzene rings is 1. The molecule has 0 radical (unpaired) electrons. The number of rotatable bonds is 7. The first-order valence-corrected chi connectivity index (χ1v) is 11.3. The van der Waals surface area contributed by atoms with Gasteiger partial charge in [0.15, 0.2) is 5.82 Å². The third kappa shape index (κ3) is 5.38. The average molecular weight is 440 g/mol. The van der Waals surface area contributed by atoms with Crippen LogP contribution in [0.1, 0.15) is 24.5 Å². The molecule has 3 aromatic heterocycles. The number of pyridine rings is 1. The van der Waals surface area contributed by atoms with Gasteiger partial charge in [-0.15, -0.1) is 11.3 Å². The van der Waals surface area contributed by atoms with Gasteiger partial charge in [-0.05, 0) is 31.0 Å². The van der Waals surface area contributed by atoms with E-state index in [1.165, 1.54) is 5.56 Å². The third-order valence-electron chi connectivity index (χ3n) is 4.84. The van der Waals surface area contributed by atoms with Crippen molar-refractivity contribution in [3.8, 4) is 23.2 Å². The Morgan fingerprint density at radius 1 is 1.16 bits per heavy atom. The zero-order valence-corrected chi connectivity index (χ0v) is 18.8. The van der Waals surface area contributed by atoms with Crippen molar-refractivity contribution in [3.63, 3.8) is 0 Å². The molecule has 3 heterocycles. The second-order valence-corrected chi connectivity index (χ2v) is 8.60. The molecule has 4 aromatic rings. The minimum Gasteiger partial charge on any atom is -0.367 e. The standard InChI is InChI=1S/C26H25N5S/c1-18(2)7-6-10-21-17-32-24-23(21)30-25(20-11-13-28-14-12-20)31-26(24)29-16-22(27)15-19-8-4-3-5-9-19/h3-5,8-9,11-14,17,22H,1,7,15-16,27H2,2H3,(H,29,30,31)/t22-/m0/s1. The molecular formula is C26H25N5S. The first kappa shape index (κ1) is 21.7. The second-order valence-electron chi connectivity index (χ2n) is 7.73. The van der Waals surface area contributed by atoms with Gasteiger partial charge in [-0.2, -0.15) is 0 Å². The van der Waals surface area contributed by atoms with Gasteiger partial charge in [0, 0.05) is 42.3 Å². The van der Waals surface area contributed by atoms with Crippen LogP contribution in [-0.4, -0.2) is 27.5 Å². The van der Waals surface area contributed by atoms with Crippen LogP contribution in [0.15, 0.2) is 72.4 Å². The smallest absolute Gasteiger partial charge is 0.162 e. The molecule has 0 saturated carbocycles. The van der Waals surface area contributed by atoms with Crippen LogP contribution in [-0.2, 0) is 6.42 Å². The number of fused-ring (bicyclic) bond motifs is 1. The molecule has 3 N–H and O–H groups in total. The van der Waals surface area contributed by atoms with Crippen molar-refractivity contribution in [1.82, 2.24) is 15.0 Å². The summed E-state index contributed by atoms with van der Waals surface area (Å²) in [5, 5.41) is 5.50. The lowest BCUT2D eigenvalue weighted by atomic mass is 10.1. The molecule has 0 bridgehead atoms. The van der Waals surface area contributed by atoms with Gasteiger partial charge in [-0.3, -0.25) is 4.98 Å². The summed E-state index contributed by atoms with van der Waals surface area (Å²) in [6.45, 7) is 6.50. The average Bonchev–Trinajstić information content (AvgIpc) is 3.21. The van der Waals surface area contributed by atoms with E-state index in [9.17, 15) is 0 Å². The van der Waals surface area contributed by atoms with E-state index in [0.29, 0.717) is 18.8 Å². The van der Waals surface area contributed by atoms with E-state index in [2.05, 4.69) is 40.9 Å². The Labute approximate surface area is 192 Å². The van der Waals surface area contributed by atoms with Crippen LogP contribution in [0.4, 0.5) is 5.82 Å². The molecule has 32 heavy (non-hydrogen) atoms. The normalized spacial score (nSPS) is 11.6. The SMILES string of the molecule is C=C(C)CC#Cc1csc2c(NC[C@@H](N)Cc3ccccc3)nc(-c3ccncc3)nc12. The summed E-state index contributed by atoms with van der Waals surface area (Å²) in [6, 6.07) is 14.0. The van der Waals surface area contributed by atoms with Crippen LogP contribution in [0, 0.1) is 11.8 Å². The summed E-state index contributed by atoms with van der Waals surface area (Å²) in [5.41, 5.74) is 11.3. The number of hydrogen-bond donors (Lipinski definition) is 2. The molecular weight excluding hydrogens is 414 g/mol. The molecule has 0 fully saturated rings. The summed E-state index contributed by atoms with van der Waals surface area (Å²) in [5.74, 6) is 7.85. The van der Waals surface area contributed by atoms with E-state index in [1.54, 1.807) is 23.7 Å². The second kappa shape index (κ2) is 10.2. The van der Waals surface area contributed by atoms with E-state index < -0.39 is 0 Å². The summed E-state index contributed by atoms with van der Waals surface area (Å²) < 4.78 is 0.981. The van der Waals surface area contributed by atoms with Crippen LogP contribution in [0.25, 0.3) is 21.6 Å². The lowest BCUT2D eigenvalue weighted by molar-refractivity contribution is 0.698. The third-order valence-corrected chi connectivity index (χ3v) is 5.82. The molecule has 1 aromatic carbocycles. The fourth-order valence-corrected chi connectivity index (χ4v) is 4.17. The predicted molar refractivity (Wildman–Crippen MR) is 134 cm³/mol. The van der Waals surface area contributed by atoms with Gasteiger partial charge >= 0.3 is 0 Å². The fraction of sp³-hybridized carbons (Fsp3) is 0.192. The van der Waals surface area contributed by atoms with Gasteiger partial charge in [0.2, 0.25) is 0 Å². The summed E-state index contributed by atoms with van der Waals surface area (Å²) in [4.78, 5) is 13.8. The maximum absolute atomic E-state index is 6.40. The Bertz CT molecular complexity index is 1270. The van der Waals surface area contributed by atoms with Crippen molar-refractivity contribution in [2.75, 3.05) is 11.9 Å². The molecule has 0 spiro atoms. The van der Waals surface area contributed by atoms with E-state index in [1.807, 2.05) is 42.6 Å². The predicted octanol–water partition coefficient (Wildman–Crippen LogP) is 5.05. The summed E-state index contributed by atoms with van der Waals surface area (Å²) in [7, 11) is 0. The Balaban J connectivity index is 1.64. The Morgan fingerprint density at radius 2 is 1.94 bits per heavy atom. The zero-order chi connectivity index (χ0) is 22.3. The van der Waals surface area contributed by atoms with Crippen LogP contribution in [0.2, 0.25) is 0 Å². The number of allylic oxidation sites excluding steroid dienone is 1. The van der Waals surface area contributed by atoms with Crippen molar-refractivity contribution in [1.29, 1.82) is 0 Å². The van der Waals surface area contributed by atoms with Crippen LogP contribution < -0.4 is 11.1 Å². The van der Waals surface area contributed by atoms with Crippen molar-refractivity contribution in [2.45, 2.75) is 25.8 Å². The Morgan fingerprint density at radius 3 is 2.69 bits per heavy atom. The molecule has 0 aliphatic carbocycles. The van der Waals surface area contributed by atoms with Gasteiger partial charge < -0.3 is 11.1 Å². The van der Waals surface area contributed by atoms with E-state index in [0.717, 1.165) is 39.2 Å². The molecule has 160 valence electrons. The zero-order valence-electron chi connectivity index (χ0n) is 18.0. The van der Waals surface area contributed by atoms with Gasteiger partial charge in [0.1, 0.15) is 11.3 Å². The van der Waals surface area contributed by atoms with Crippen molar-refractivity contribution in [3.05, 3.63) is 83.5 Å². The van der Waals surface area contributed by atoms with Crippen LogP contribution in [0.5, 0.6) is 0 Å². The minimum atomic E-state index is -0.0402. The maximum atomic E-state index is 6.40. The number of thiophene rings is 1. The van der Waals surface area contributed by atoms with Gasteiger partial charge in [0.25, 0.3) is 0 Å². The molecule has 1 atom stereocenters. The number of hydrogen-bond acceptors (Lipinski definition) is 6. The molecule has 0 amide bonds. The van der Waals surface area contributed by atoms with E-state index in [4.69, 9.17) is 15.7 Å². The molecule has 0 saturated heterocycles. The Hall–Kier alpha value is -3.53. The first-order chi connectivity index (χ1) is 15.6. The number of nitrogens with one attached hydrogen (secondary N) is 1. The fourth-order valence-electron chi connectivity index (χ4n) is 3.26. The Kier molecular flexibility index (Phi) is 6.90. The largest absolute Gasteiger partial charge is 0.367 e. The van der Waals surface area contributed by atoms with Crippen molar-refractivity contribution in [2.24, 2.45) is 5.73 Å². The van der Waals surface area contributed by atoms with E-state index in [-0.39, 0.29) is 6.04 Å². The summed E-state index contributed by atoms with van der Waals surface area (Å²) >= 11 is 1.59. The lowest BCUT2D eigenvalue weighted by Gasteiger charge is -2.14. The highest BCUT2D eigenvalue weighted by Gasteiger charge is 2.15. The number of nitrogens with two attached hydrogens (primary N) is 1. The highest BCUT2D eigenvalue weighted by Crippen LogP contribution is 2.32. The topological polar surface area (TPSA) is 76.7 Å². The number of aromatic nitrogens is 3. The van der Waals surface area contributed by atoms with Crippen LogP contribution >= 0.6 is 11.3 Å². The molecule has 0 aliphatic rings. The van der Waals surface area contributed by atoms with E-state index >= 15 is 0 Å². The minimum absolute atomic E-state index is 0.0402. The quantitative estimate of drug-likeness (QED) is 0.311. The molecule has 6 heteroatoms. The highest BCUT2D eigenvalue weighted by atomic mass is 32.1. The molecule has 5 nitrogen and oxygen atoms in total. The highest BCUT2D eigenvalue weighted by molar-refractivity contribution is 7.18. The molecule has 0 unspecified atom stereocenters. The van der Waals surface area contributed by atoms with Crippen molar-refractivity contribution >= 4 is 27.4 Å². The van der Waals surface area contributed by atoms with Crippen molar-refractivity contribution < 1.29 is 0 Å². The van der Waals surface area contributed by atoms with Gasteiger partial charge in [-0.1, -0.05) is 54.3 Å². The maximum Gasteiger partial charge on any atom is 0.162 e. The number of anilines is 1. The summed E-state index contributed by atoms with van der Waals surface area (Å²) in [6.07, 6.45) is 4.94. The van der Waals surface area contributed by atoms with Crippen LogP contribution in [0.3, 0.4) is 0 Å². The van der Waals surface area contributed by atoms with Gasteiger partial charge in [0.05, 0.1) is 10.3 Å². The lowest BCUT2D eigenvalue weighted by Crippen LogP contribution is -2.31. The first-order valence-electron chi connectivity index (χ1n) is 10.5. The number of nitrogens with zero attached hydrogens (tertiary/aromatic N) is 3. The molecule has 4 rings (SSSR count).